The number of hydrogen-bond donors (Lipinski definition) is 0. The van der Waals surface area contributed by atoms with E-state index in [0.29, 0.717) is 5.02 Å². The lowest BCUT2D eigenvalue weighted by molar-refractivity contribution is 0.593. The molecule has 0 radical (unpaired) electrons. The standard InChI is InChI=1S/C17H14ClNO2S/c1-11-2-4-12(5-3-11)16-15(10-19)17(16)22(20,21)14-8-6-13(18)7-9-14/h2-9,15-17H,1H3/t15-,16+,17-/m0/s1. The third-order valence-corrected chi connectivity index (χ3v) is 6.55. The number of nitriles is 1. The van der Waals surface area contributed by atoms with Crippen LogP contribution in [0.2, 0.25) is 5.02 Å². The summed E-state index contributed by atoms with van der Waals surface area (Å²) in [6.45, 7) is 1.97. The maximum absolute atomic E-state index is 12.7. The predicted molar refractivity (Wildman–Crippen MR) is 85.4 cm³/mol. The van der Waals surface area contributed by atoms with Gasteiger partial charge in [0.25, 0.3) is 0 Å². The van der Waals surface area contributed by atoms with Gasteiger partial charge in [-0.1, -0.05) is 41.4 Å². The number of aryl methyl sites for hydroxylation is 1. The molecule has 1 aliphatic carbocycles. The van der Waals surface area contributed by atoms with Gasteiger partial charge in [-0.2, -0.15) is 5.26 Å². The molecule has 0 N–H and O–H groups in total. The van der Waals surface area contributed by atoms with Crippen LogP contribution < -0.4 is 0 Å². The molecule has 3 nitrogen and oxygen atoms in total. The summed E-state index contributed by atoms with van der Waals surface area (Å²) < 4.78 is 25.5. The quantitative estimate of drug-likeness (QED) is 0.861. The Balaban J connectivity index is 1.95. The summed E-state index contributed by atoms with van der Waals surface area (Å²) in [4.78, 5) is 0.219. The summed E-state index contributed by atoms with van der Waals surface area (Å²) in [5, 5.41) is 9.09. The molecule has 0 aromatic heterocycles. The van der Waals surface area contributed by atoms with Gasteiger partial charge in [0.2, 0.25) is 0 Å². The molecule has 5 heteroatoms. The molecule has 0 spiro atoms. The zero-order chi connectivity index (χ0) is 15.9. The lowest BCUT2D eigenvalue weighted by Gasteiger charge is -2.04. The highest BCUT2D eigenvalue weighted by Gasteiger charge is 2.59. The number of halogens is 1. The van der Waals surface area contributed by atoms with Crippen molar-refractivity contribution < 1.29 is 8.42 Å². The molecule has 22 heavy (non-hydrogen) atoms. The third-order valence-electron chi connectivity index (χ3n) is 4.07. The Morgan fingerprint density at radius 2 is 1.64 bits per heavy atom. The van der Waals surface area contributed by atoms with Crippen LogP contribution in [0.1, 0.15) is 17.0 Å². The summed E-state index contributed by atoms with van der Waals surface area (Å²) in [7, 11) is -3.53. The van der Waals surface area contributed by atoms with E-state index >= 15 is 0 Å². The summed E-state index contributed by atoms with van der Waals surface area (Å²) >= 11 is 5.81. The molecule has 1 saturated carbocycles. The fourth-order valence-electron chi connectivity index (χ4n) is 2.79. The third kappa shape index (κ3) is 2.51. The molecule has 0 aliphatic heterocycles. The van der Waals surface area contributed by atoms with E-state index in [1.807, 2.05) is 31.2 Å². The van der Waals surface area contributed by atoms with Gasteiger partial charge in [0.05, 0.1) is 22.1 Å². The van der Waals surface area contributed by atoms with Gasteiger partial charge in [0.1, 0.15) is 0 Å². The molecule has 0 heterocycles. The minimum Gasteiger partial charge on any atom is -0.223 e. The van der Waals surface area contributed by atoms with Gasteiger partial charge in [-0.25, -0.2) is 8.42 Å². The van der Waals surface area contributed by atoms with Crippen LogP contribution in [-0.4, -0.2) is 13.7 Å². The van der Waals surface area contributed by atoms with Crippen molar-refractivity contribution in [2.24, 2.45) is 5.92 Å². The highest BCUT2D eigenvalue weighted by Crippen LogP contribution is 2.53. The first-order valence-corrected chi connectivity index (χ1v) is 8.83. The zero-order valence-electron chi connectivity index (χ0n) is 11.9. The first kappa shape index (κ1) is 15.1. The van der Waals surface area contributed by atoms with Crippen molar-refractivity contribution in [3.05, 3.63) is 64.7 Å². The summed E-state index contributed by atoms with van der Waals surface area (Å²) in [6, 6.07) is 15.9. The SMILES string of the molecule is Cc1ccc([C@@H]2[C@H](C#N)[C@@H]2S(=O)(=O)c2ccc(Cl)cc2)cc1. The van der Waals surface area contributed by atoms with Crippen LogP contribution in [0.4, 0.5) is 0 Å². The summed E-state index contributed by atoms with van der Waals surface area (Å²) in [5.74, 6) is -0.755. The van der Waals surface area contributed by atoms with Gasteiger partial charge >= 0.3 is 0 Å². The van der Waals surface area contributed by atoms with Crippen LogP contribution in [0.3, 0.4) is 0 Å². The molecule has 2 aromatic rings. The molecule has 0 unspecified atom stereocenters. The summed E-state index contributed by atoms with van der Waals surface area (Å²) in [5.41, 5.74) is 2.01. The monoisotopic (exact) mass is 331 g/mol. The van der Waals surface area contributed by atoms with E-state index in [4.69, 9.17) is 11.6 Å². The first-order chi connectivity index (χ1) is 10.4. The molecule has 3 rings (SSSR count). The van der Waals surface area contributed by atoms with Crippen LogP contribution >= 0.6 is 11.6 Å². The molecule has 112 valence electrons. The molecular weight excluding hydrogens is 318 g/mol. The Morgan fingerprint density at radius 3 is 2.18 bits per heavy atom. The topological polar surface area (TPSA) is 57.9 Å². The average molecular weight is 332 g/mol. The molecular formula is C17H14ClNO2S. The van der Waals surface area contributed by atoms with E-state index < -0.39 is 21.0 Å². The fourth-order valence-corrected chi connectivity index (χ4v) is 4.98. The van der Waals surface area contributed by atoms with Gasteiger partial charge in [0.15, 0.2) is 9.84 Å². The second-order valence-electron chi connectivity index (χ2n) is 5.55. The van der Waals surface area contributed by atoms with Crippen molar-refractivity contribution in [3.8, 4) is 6.07 Å². The van der Waals surface area contributed by atoms with Gasteiger partial charge in [-0.05, 0) is 36.8 Å². The zero-order valence-corrected chi connectivity index (χ0v) is 13.5. The normalized spacial score (nSPS) is 23.8. The minimum atomic E-state index is -3.53. The van der Waals surface area contributed by atoms with Gasteiger partial charge in [-0.15, -0.1) is 0 Å². The van der Waals surface area contributed by atoms with Gasteiger partial charge in [-0.3, -0.25) is 0 Å². The Morgan fingerprint density at radius 1 is 1.05 bits per heavy atom. The van der Waals surface area contributed by atoms with Crippen LogP contribution in [0.25, 0.3) is 0 Å². The molecule has 2 aromatic carbocycles. The van der Waals surface area contributed by atoms with Gasteiger partial charge in [0, 0.05) is 10.9 Å². The van der Waals surface area contributed by atoms with E-state index in [9.17, 15) is 13.7 Å². The second kappa shape index (κ2) is 5.42. The van der Waals surface area contributed by atoms with Crippen molar-refractivity contribution in [2.45, 2.75) is 23.0 Å². The van der Waals surface area contributed by atoms with E-state index in [2.05, 4.69) is 6.07 Å². The van der Waals surface area contributed by atoms with E-state index in [1.165, 1.54) is 12.1 Å². The Kier molecular flexibility index (Phi) is 3.72. The van der Waals surface area contributed by atoms with Crippen molar-refractivity contribution in [1.82, 2.24) is 0 Å². The largest absolute Gasteiger partial charge is 0.223 e. The molecule has 0 bridgehead atoms. The number of sulfone groups is 1. The summed E-state index contributed by atoms with van der Waals surface area (Å²) in [6.07, 6.45) is 0. The Bertz CT molecular complexity index is 836. The van der Waals surface area contributed by atoms with Gasteiger partial charge < -0.3 is 0 Å². The second-order valence-corrected chi connectivity index (χ2v) is 8.10. The Labute approximate surface area is 135 Å². The van der Waals surface area contributed by atoms with Crippen molar-refractivity contribution in [3.63, 3.8) is 0 Å². The van der Waals surface area contributed by atoms with Crippen LogP contribution in [-0.2, 0) is 9.84 Å². The first-order valence-electron chi connectivity index (χ1n) is 6.91. The maximum Gasteiger partial charge on any atom is 0.183 e. The smallest absolute Gasteiger partial charge is 0.183 e. The Hall–Kier alpha value is -1.83. The van der Waals surface area contributed by atoms with E-state index in [-0.39, 0.29) is 10.8 Å². The van der Waals surface area contributed by atoms with Crippen molar-refractivity contribution in [1.29, 1.82) is 5.26 Å². The lowest BCUT2D eigenvalue weighted by Crippen LogP contribution is -2.10. The van der Waals surface area contributed by atoms with Crippen LogP contribution in [0.5, 0.6) is 0 Å². The number of benzene rings is 2. The maximum atomic E-state index is 12.7. The predicted octanol–water partition coefficient (Wildman–Crippen LogP) is 3.73. The van der Waals surface area contributed by atoms with E-state index in [0.717, 1.165) is 11.1 Å². The molecule has 1 fully saturated rings. The molecule has 0 amide bonds. The van der Waals surface area contributed by atoms with Crippen molar-refractivity contribution in [2.75, 3.05) is 0 Å². The highest BCUT2D eigenvalue weighted by molar-refractivity contribution is 7.92. The van der Waals surface area contributed by atoms with Crippen molar-refractivity contribution >= 4 is 21.4 Å². The molecule has 1 aliphatic rings. The molecule has 0 saturated heterocycles. The minimum absolute atomic E-state index is 0.219. The lowest BCUT2D eigenvalue weighted by atomic mass is 10.1. The van der Waals surface area contributed by atoms with E-state index in [1.54, 1.807) is 12.1 Å². The highest BCUT2D eigenvalue weighted by atomic mass is 35.5. The number of nitrogens with zero attached hydrogens (tertiary/aromatic N) is 1. The van der Waals surface area contributed by atoms with Crippen LogP contribution in [0.15, 0.2) is 53.4 Å². The number of rotatable bonds is 3. The fraction of sp³-hybridized carbons (Fsp3) is 0.235. The average Bonchev–Trinajstić information content (AvgIpc) is 3.24. The molecule has 3 atom stereocenters. The number of hydrogen-bond acceptors (Lipinski definition) is 3. The van der Waals surface area contributed by atoms with Crippen LogP contribution in [0, 0.1) is 24.2 Å².